The summed E-state index contributed by atoms with van der Waals surface area (Å²) in [7, 11) is 0. The molecule has 0 spiro atoms. The van der Waals surface area contributed by atoms with E-state index in [0.717, 1.165) is 16.1 Å². The number of halogens is 1. The van der Waals surface area contributed by atoms with Crippen molar-refractivity contribution < 1.29 is 0 Å². The summed E-state index contributed by atoms with van der Waals surface area (Å²) in [6.45, 7) is 2.90. The molecule has 2 rings (SSSR count). The van der Waals surface area contributed by atoms with Crippen LogP contribution in [0.1, 0.15) is 32.6 Å². The van der Waals surface area contributed by atoms with Crippen LogP contribution in [0.15, 0.2) is 28.7 Å². The standard InChI is InChI=1S/C14H21BrN2/c1-14(10-16,9-11-5-4-6-11)17-13-8-3-2-7-12(13)15/h2-3,7-8,11,17H,4-6,9-10,16H2,1H3. The fourth-order valence-electron chi connectivity index (χ4n) is 2.41. The van der Waals surface area contributed by atoms with Crippen molar-refractivity contribution in [2.24, 2.45) is 11.7 Å². The van der Waals surface area contributed by atoms with Crippen LogP contribution in [0.3, 0.4) is 0 Å². The van der Waals surface area contributed by atoms with Gasteiger partial charge in [-0.1, -0.05) is 31.4 Å². The lowest BCUT2D eigenvalue weighted by Crippen LogP contribution is -2.45. The average Bonchev–Trinajstić information content (AvgIpc) is 2.27. The molecule has 0 radical (unpaired) electrons. The van der Waals surface area contributed by atoms with E-state index in [-0.39, 0.29) is 5.54 Å². The van der Waals surface area contributed by atoms with Crippen molar-refractivity contribution in [1.82, 2.24) is 0 Å². The van der Waals surface area contributed by atoms with E-state index in [1.165, 1.54) is 25.7 Å². The molecule has 1 aromatic rings. The van der Waals surface area contributed by atoms with E-state index >= 15 is 0 Å². The van der Waals surface area contributed by atoms with Gasteiger partial charge in [0.2, 0.25) is 0 Å². The molecule has 0 saturated heterocycles. The first kappa shape index (κ1) is 12.9. The van der Waals surface area contributed by atoms with E-state index in [0.29, 0.717) is 6.54 Å². The molecular formula is C14H21BrN2. The lowest BCUT2D eigenvalue weighted by Gasteiger charge is -2.38. The predicted molar refractivity (Wildman–Crippen MR) is 77.2 cm³/mol. The highest BCUT2D eigenvalue weighted by molar-refractivity contribution is 9.10. The summed E-state index contributed by atoms with van der Waals surface area (Å²) in [4.78, 5) is 0. The molecule has 3 N–H and O–H groups in total. The first-order chi connectivity index (χ1) is 8.13. The molecule has 1 saturated carbocycles. The first-order valence-electron chi connectivity index (χ1n) is 6.36. The summed E-state index contributed by atoms with van der Waals surface area (Å²) < 4.78 is 1.10. The molecule has 3 heteroatoms. The minimum Gasteiger partial charge on any atom is -0.378 e. The van der Waals surface area contributed by atoms with Crippen LogP contribution >= 0.6 is 15.9 Å². The summed E-state index contributed by atoms with van der Waals surface area (Å²) >= 11 is 3.57. The maximum Gasteiger partial charge on any atom is 0.0489 e. The zero-order valence-corrected chi connectivity index (χ0v) is 12.0. The first-order valence-corrected chi connectivity index (χ1v) is 7.15. The molecule has 1 fully saturated rings. The number of hydrogen-bond acceptors (Lipinski definition) is 2. The molecule has 0 aliphatic heterocycles. The molecule has 0 bridgehead atoms. The second-order valence-corrected chi connectivity index (χ2v) is 6.23. The molecule has 17 heavy (non-hydrogen) atoms. The molecule has 0 heterocycles. The summed E-state index contributed by atoms with van der Waals surface area (Å²) in [6.07, 6.45) is 5.30. The van der Waals surface area contributed by atoms with Crippen LogP contribution in [0.5, 0.6) is 0 Å². The molecule has 0 amide bonds. The Hall–Kier alpha value is -0.540. The van der Waals surface area contributed by atoms with Crippen LogP contribution < -0.4 is 11.1 Å². The van der Waals surface area contributed by atoms with Gasteiger partial charge in [-0.2, -0.15) is 0 Å². The van der Waals surface area contributed by atoms with Gasteiger partial charge in [0.15, 0.2) is 0 Å². The van der Waals surface area contributed by atoms with Crippen molar-refractivity contribution in [2.75, 3.05) is 11.9 Å². The Morgan fingerprint density at radius 2 is 2.12 bits per heavy atom. The highest BCUT2D eigenvalue weighted by atomic mass is 79.9. The number of nitrogens with one attached hydrogen (secondary N) is 1. The van der Waals surface area contributed by atoms with Crippen LogP contribution in [-0.4, -0.2) is 12.1 Å². The Morgan fingerprint density at radius 3 is 2.65 bits per heavy atom. The van der Waals surface area contributed by atoms with Crippen molar-refractivity contribution in [1.29, 1.82) is 0 Å². The monoisotopic (exact) mass is 296 g/mol. The van der Waals surface area contributed by atoms with E-state index in [1.54, 1.807) is 0 Å². The molecule has 1 aliphatic carbocycles. The topological polar surface area (TPSA) is 38.0 Å². The predicted octanol–water partition coefficient (Wildman–Crippen LogP) is 3.77. The highest BCUT2D eigenvalue weighted by Gasteiger charge is 2.30. The van der Waals surface area contributed by atoms with Gasteiger partial charge in [-0.05, 0) is 47.3 Å². The zero-order valence-electron chi connectivity index (χ0n) is 10.4. The molecular weight excluding hydrogens is 276 g/mol. The molecule has 0 aromatic heterocycles. The third-order valence-corrected chi connectivity index (χ3v) is 4.42. The lowest BCUT2D eigenvalue weighted by atomic mass is 9.76. The maximum absolute atomic E-state index is 5.95. The van der Waals surface area contributed by atoms with Crippen LogP contribution in [0, 0.1) is 5.92 Å². The van der Waals surface area contributed by atoms with Gasteiger partial charge in [-0.15, -0.1) is 0 Å². The maximum atomic E-state index is 5.95. The van der Waals surface area contributed by atoms with E-state index in [1.807, 2.05) is 12.1 Å². The number of benzene rings is 1. The Morgan fingerprint density at radius 1 is 1.41 bits per heavy atom. The van der Waals surface area contributed by atoms with Gasteiger partial charge in [0.1, 0.15) is 0 Å². The fourth-order valence-corrected chi connectivity index (χ4v) is 2.79. The SMILES string of the molecule is CC(CN)(CC1CCC1)Nc1ccccc1Br. The van der Waals surface area contributed by atoms with Gasteiger partial charge >= 0.3 is 0 Å². The Kier molecular flexibility index (Phi) is 4.10. The van der Waals surface area contributed by atoms with Gasteiger partial charge in [-0.3, -0.25) is 0 Å². The molecule has 1 atom stereocenters. The minimum absolute atomic E-state index is 0.00889. The van der Waals surface area contributed by atoms with Gasteiger partial charge in [0.05, 0.1) is 0 Å². The molecule has 2 nitrogen and oxygen atoms in total. The lowest BCUT2D eigenvalue weighted by molar-refractivity contribution is 0.248. The smallest absolute Gasteiger partial charge is 0.0489 e. The van der Waals surface area contributed by atoms with Crippen molar-refractivity contribution in [2.45, 2.75) is 38.1 Å². The van der Waals surface area contributed by atoms with Gasteiger partial charge in [0.25, 0.3) is 0 Å². The summed E-state index contributed by atoms with van der Waals surface area (Å²) in [5.74, 6) is 0.860. The van der Waals surface area contributed by atoms with E-state index in [9.17, 15) is 0 Å². The van der Waals surface area contributed by atoms with E-state index < -0.39 is 0 Å². The van der Waals surface area contributed by atoms with Gasteiger partial charge in [-0.25, -0.2) is 0 Å². The second kappa shape index (κ2) is 5.40. The van der Waals surface area contributed by atoms with E-state index in [2.05, 4.69) is 40.3 Å². The minimum atomic E-state index is 0.00889. The quantitative estimate of drug-likeness (QED) is 0.868. The summed E-state index contributed by atoms with van der Waals surface area (Å²) in [5.41, 5.74) is 7.10. The van der Waals surface area contributed by atoms with Crippen LogP contribution in [0.25, 0.3) is 0 Å². The normalized spacial score (nSPS) is 19.5. The summed E-state index contributed by atoms with van der Waals surface area (Å²) in [5, 5.41) is 3.60. The Bertz CT molecular complexity index is 376. The molecule has 94 valence electrons. The van der Waals surface area contributed by atoms with Gasteiger partial charge < -0.3 is 11.1 Å². The fraction of sp³-hybridized carbons (Fsp3) is 0.571. The third-order valence-electron chi connectivity index (χ3n) is 3.72. The number of hydrogen-bond donors (Lipinski definition) is 2. The van der Waals surface area contributed by atoms with Crippen molar-refractivity contribution in [3.8, 4) is 0 Å². The van der Waals surface area contributed by atoms with Crippen LogP contribution in [0.4, 0.5) is 5.69 Å². The molecule has 1 unspecified atom stereocenters. The molecule has 1 aromatic carbocycles. The number of rotatable bonds is 5. The second-order valence-electron chi connectivity index (χ2n) is 5.37. The average molecular weight is 297 g/mol. The Balaban J connectivity index is 2.05. The summed E-state index contributed by atoms with van der Waals surface area (Å²) in [6, 6.07) is 8.23. The van der Waals surface area contributed by atoms with Crippen LogP contribution in [-0.2, 0) is 0 Å². The Labute approximate surface area is 112 Å². The van der Waals surface area contributed by atoms with Crippen molar-refractivity contribution in [3.63, 3.8) is 0 Å². The third kappa shape index (κ3) is 3.23. The van der Waals surface area contributed by atoms with Gasteiger partial charge in [0, 0.05) is 22.2 Å². The van der Waals surface area contributed by atoms with Crippen molar-refractivity contribution in [3.05, 3.63) is 28.7 Å². The number of nitrogens with two attached hydrogens (primary N) is 1. The van der Waals surface area contributed by atoms with Crippen molar-refractivity contribution >= 4 is 21.6 Å². The van der Waals surface area contributed by atoms with E-state index in [4.69, 9.17) is 5.73 Å². The molecule has 1 aliphatic rings. The number of anilines is 1. The number of para-hydroxylation sites is 1. The van der Waals surface area contributed by atoms with Crippen LogP contribution in [0.2, 0.25) is 0 Å². The zero-order chi connectivity index (χ0) is 12.3. The largest absolute Gasteiger partial charge is 0.378 e. The highest BCUT2D eigenvalue weighted by Crippen LogP contribution is 2.35.